The standard InChI is InChI=1S/C7H15NO/c1-6(9-2)7-4-3-5-8-7/h6-8H,3-5H2,1-2H3/t6?,7-/m0/s1. The van der Waals surface area contributed by atoms with Crippen LogP contribution >= 0.6 is 0 Å². The monoisotopic (exact) mass is 129 g/mol. The van der Waals surface area contributed by atoms with Crippen molar-refractivity contribution in [3.8, 4) is 0 Å². The van der Waals surface area contributed by atoms with Crippen LogP contribution in [-0.4, -0.2) is 25.8 Å². The van der Waals surface area contributed by atoms with Crippen LogP contribution in [0.25, 0.3) is 0 Å². The highest BCUT2D eigenvalue weighted by Gasteiger charge is 2.19. The van der Waals surface area contributed by atoms with Gasteiger partial charge in [-0.15, -0.1) is 0 Å². The van der Waals surface area contributed by atoms with Crippen LogP contribution < -0.4 is 5.32 Å². The van der Waals surface area contributed by atoms with E-state index < -0.39 is 0 Å². The second kappa shape index (κ2) is 3.18. The quantitative estimate of drug-likeness (QED) is 0.594. The van der Waals surface area contributed by atoms with Gasteiger partial charge in [-0.3, -0.25) is 0 Å². The van der Waals surface area contributed by atoms with Crippen molar-refractivity contribution >= 4 is 0 Å². The first-order valence-corrected chi connectivity index (χ1v) is 3.61. The molecule has 0 aliphatic carbocycles. The summed E-state index contributed by atoms with van der Waals surface area (Å²) in [4.78, 5) is 0. The molecular formula is C7H15NO. The number of hydrogen-bond donors (Lipinski definition) is 1. The maximum Gasteiger partial charge on any atom is 0.0696 e. The van der Waals surface area contributed by atoms with Gasteiger partial charge in [-0.05, 0) is 26.3 Å². The van der Waals surface area contributed by atoms with Gasteiger partial charge >= 0.3 is 0 Å². The van der Waals surface area contributed by atoms with Crippen LogP contribution in [0.5, 0.6) is 0 Å². The molecule has 0 aromatic rings. The van der Waals surface area contributed by atoms with E-state index >= 15 is 0 Å². The van der Waals surface area contributed by atoms with E-state index in [2.05, 4.69) is 12.2 Å². The van der Waals surface area contributed by atoms with Crippen LogP contribution in [-0.2, 0) is 4.74 Å². The third kappa shape index (κ3) is 1.66. The maximum absolute atomic E-state index is 5.17. The van der Waals surface area contributed by atoms with Crippen LogP contribution in [0.1, 0.15) is 19.8 Å². The number of hydrogen-bond acceptors (Lipinski definition) is 2. The van der Waals surface area contributed by atoms with Crippen molar-refractivity contribution in [2.24, 2.45) is 0 Å². The fourth-order valence-corrected chi connectivity index (χ4v) is 1.28. The largest absolute Gasteiger partial charge is 0.380 e. The predicted octanol–water partition coefficient (Wildman–Crippen LogP) is 0.773. The molecule has 1 aliphatic rings. The molecule has 2 atom stereocenters. The van der Waals surface area contributed by atoms with Gasteiger partial charge in [0, 0.05) is 13.2 Å². The first kappa shape index (κ1) is 7.03. The highest BCUT2D eigenvalue weighted by Crippen LogP contribution is 2.10. The van der Waals surface area contributed by atoms with E-state index in [4.69, 9.17) is 4.74 Å². The van der Waals surface area contributed by atoms with Gasteiger partial charge in [0.2, 0.25) is 0 Å². The van der Waals surface area contributed by atoms with E-state index in [1.807, 2.05) is 0 Å². The lowest BCUT2D eigenvalue weighted by molar-refractivity contribution is 0.0894. The van der Waals surface area contributed by atoms with Crippen molar-refractivity contribution in [3.63, 3.8) is 0 Å². The Hall–Kier alpha value is -0.0800. The van der Waals surface area contributed by atoms with Gasteiger partial charge < -0.3 is 10.1 Å². The number of ether oxygens (including phenoxy) is 1. The van der Waals surface area contributed by atoms with Gasteiger partial charge in [0.15, 0.2) is 0 Å². The fourth-order valence-electron chi connectivity index (χ4n) is 1.28. The molecule has 2 nitrogen and oxygen atoms in total. The van der Waals surface area contributed by atoms with Gasteiger partial charge in [0.25, 0.3) is 0 Å². The molecule has 1 saturated heterocycles. The second-order valence-corrected chi connectivity index (χ2v) is 2.64. The zero-order valence-corrected chi connectivity index (χ0v) is 6.18. The van der Waals surface area contributed by atoms with E-state index in [9.17, 15) is 0 Å². The van der Waals surface area contributed by atoms with E-state index in [1.54, 1.807) is 7.11 Å². The minimum absolute atomic E-state index is 0.382. The summed E-state index contributed by atoms with van der Waals surface area (Å²) >= 11 is 0. The van der Waals surface area contributed by atoms with Gasteiger partial charge in [-0.2, -0.15) is 0 Å². The SMILES string of the molecule is COC(C)[C@@H]1CCCN1. The molecule has 0 bridgehead atoms. The molecule has 0 amide bonds. The Bertz CT molecular complexity index is 79.0. The highest BCUT2D eigenvalue weighted by atomic mass is 16.5. The molecule has 0 saturated carbocycles. The lowest BCUT2D eigenvalue weighted by Crippen LogP contribution is -2.33. The highest BCUT2D eigenvalue weighted by molar-refractivity contribution is 4.78. The van der Waals surface area contributed by atoms with Crippen LogP contribution in [0.2, 0.25) is 0 Å². The molecule has 1 fully saturated rings. The predicted molar refractivity (Wildman–Crippen MR) is 37.5 cm³/mol. The summed E-state index contributed by atoms with van der Waals surface area (Å²) < 4.78 is 5.17. The first-order chi connectivity index (χ1) is 4.34. The minimum Gasteiger partial charge on any atom is -0.380 e. The third-order valence-electron chi connectivity index (χ3n) is 2.04. The number of methoxy groups -OCH3 is 1. The van der Waals surface area contributed by atoms with E-state index in [1.165, 1.54) is 19.4 Å². The van der Waals surface area contributed by atoms with Crippen molar-refractivity contribution in [2.75, 3.05) is 13.7 Å². The Balaban J connectivity index is 2.24. The van der Waals surface area contributed by atoms with Gasteiger partial charge in [0.1, 0.15) is 0 Å². The molecule has 1 aliphatic heterocycles. The van der Waals surface area contributed by atoms with Crippen molar-refractivity contribution in [2.45, 2.75) is 31.9 Å². The average molecular weight is 129 g/mol. The zero-order valence-electron chi connectivity index (χ0n) is 6.18. The fraction of sp³-hybridized carbons (Fsp3) is 1.00. The maximum atomic E-state index is 5.17. The summed E-state index contributed by atoms with van der Waals surface area (Å²) in [6.45, 7) is 3.28. The summed E-state index contributed by atoms with van der Waals surface area (Å²) in [5.41, 5.74) is 0. The summed E-state index contributed by atoms with van der Waals surface area (Å²) in [5, 5.41) is 3.38. The smallest absolute Gasteiger partial charge is 0.0696 e. The minimum atomic E-state index is 0.382. The normalized spacial score (nSPS) is 30.7. The van der Waals surface area contributed by atoms with Crippen molar-refractivity contribution in [1.82, 2.24) is 5.32 Å². The van der Waals surface area contributed by atoms with E-state index in [0.29, 0.717) is 12.1 Å². The number of nitrogens with one attached hydrogen (secondary N) is 1. The molecule has 0 aromatic heterocycles. The summed E-state index contributed by atoms with van der Waals surface area (Å²) in [6.07, 6.45) is 2.96. The number of rotatable bonds is 2. The zero-order chi connectivity index (χ0) is 6.69. The van der Waals surface area contributed by atoms with Crippen LogP contribution in [0.15, 0.2) is 0 Å². The molecule has 1 heterocycles. The summed E-state index contributed by atoms with van der Waals surface area (Å²) in [7, 11) is 1.77. The Morgan fingerprint density at radius 2 is 2.44 bits per heavy atom. The molecule has 1 unspecified atom stereocenters. The molecular weight excluding hydrogens is 114 g/mol. The van der Waals surface area contributed by atoms with E-state index in [0.717, 1.165) is 0 Å². The van der Waals surface area contributed by atoms with Gasteiger partial charge in [-0.1, -0.05) is 0 Å². The molecule has 0 spiro atoms. The summed E-state index contributed by atoms with van der Waals surface area (Å²) in [6, 6.07) is 0.606. The lowest BCUT2D eigenvalue weighted by Gasteiger charge is -2.16. The molecule has 2 heteroatoms. The summed E-state index contributed by atoms with van der Waals surface area (Å²) in [5.74, 6) is 0. The van der Waals surface area contributed by atoms with E-state index in [-0.39, 0.29) is 0 Å². The van der Waals surface area contributed by atoms with Gasteiger partial charge in [0.05, 0.1) is 6.10 Å². The topological polar surface area (TPSA) is 21.3 Å². The Morgan fingerprint density at radius 3 is 2.89 bits per heavy atom. The average Bonchev–Trinajstić information content (AvgIpc) is 2.37. The Morgan fingerprint density at radius 1 is 1.67 bits per heavy atom. The van der Waals surface area contributed by atoms with Crippen molar-refractivity contribution in [1.29, 1.82) is 0 Å². The lowest BCUT2D eigenvalue weighted by atomic mass is 10.1. The molecule has 0 aromatic carbocycles. The molecule has 1 rings (SSSR count). The third-order valence-corrected chi connectivity index (χ3v) is 2.04. The molecule has 1 N–H and O–H groups in total. The van der Waals surface area contributed by atoms with Crippen LogP contribution in [0.4, 0.5) is 0 Å². The van der Waals surface area contributed by atoms with Gasteiger partial charge in [-0.25, -0.2) is 0 Å². The molecule has 54 valence electrons. The Labute approximate surface area is 56.6 Å². The molecule has 9 heavy (non-hydrogen) atoms. The van der Waals surface area contributed by atoms with Crippen LogP contribution in [0, 0.1) is 0 Å². The molecule has 0 radical (unpaired) electrons. The van der Waals surface area contributed by atoms with Crippen molar-refractivity contribution < 1.29 is 4.74 Å². The second-order valence-electron chi connectivity index (χ2n) is 2.64. The van der Waals surface area contributed by atoms with Crippen LogP contribution in [0.3, 0.4) is 0 Å². The first-order valence-electron chi connectivity index (χ1n) is 3.61. The Kier molecular flexibility index (Phi) is 2.49. The van der Waals surface area contributed by atoms with Crippen molar-refractivity contribution in [3.05, 3.63) is 0 Å².